The fourth-order valence-electron chi connectivity index (χ4n) is 1.59. The van der Waals surface area contributed by atoms with E-state index in [9.17, 15) is 9.18 Å². The van der Waals surface area contributed by atoms with E-state index in [2.05, 4.69) is 15.3 Å². The van der Waals surface area contributed by atoms with Gasteiger partial charge in [-0.3, -0.25) is 4.79 Å². The number of nitrogens with zero attached hydrogens (tertiary/aromatic N) is 2. The van der Waals surface area contributed by atoms with Crippen molar-refractivity contribution in [1.29, 1.82) is 0 Å². The number of hydrogen-bond donors (Lipinski definition) is 1. The number of anilines is 1. The molecule has 0 unspecified atom stereocenters. The summed E-state index contributed by atoms with van der Waals surface area (Å²) >= 11 is 11.8. The molecule has 21 heavy (non-hydrogen) atoms. The molecule has 0 spiro atoms. The van der Waals surface area contributed by atoms with E-state index in [4.69, 9.17) is 23.2 Å². The standard InChI is InChI=1S/C14H12Cl2FN3O/c1-7(2)13-18-6-10(16)12(20-13)14(21)19-11-4-3-8(17)5-9(11)15/h3-7H,1-2H3,(H,19,21). The maximum absolute atomic E-state index is 13.0. The van der Waals surface area contributed by atoms with Crippen LogP contribution in [0.15, 0.2) is 24.4 Å². The maximum Gasteiger partial charge on any atom is 0.275 e. The molecule has 1 aromatic heterocycles. The molecule has 0 atom stereocenters. The van der Waals surface area contributed by atoms with Gasteiger partial charge in [0.2, 0.25) is 0 Å². The summed E-state index contributed by atoms with van der Waals surface area (Å²) in [5.74, 6) is -0.448. The van der Waals surface area contributed by atoms with Gasteiger partial charge in [-0.2, -0.15) is 0 Å². The van der Waals surface area contributed by atoms with Crippen molar-refractivity contribution in [3.63, 3.8) is 0 Å². The fourth-order valence-corrected chi connectivity index (χ4v) is 1.98. The van der Waals surface area contributed by atoms with Gasteiger partial charge < -0.3 is 5.32 Å². The molecule has 0 aliphatic rings. The van der Waals surface area contributed by atoms with Crippen molar-refractivity contribution in [2.75, 3.05) is 5.32 Å². The van der Waals surface area contributed by atoms with Crippen LogP contribution in [0.4, 0.5) is 10.1 Å². The molecule has 0 saturated heterocycles. The molecule has 0 saturated carbocycles. The van der Waals surface area contributed by atoms with Gasteiger partial charge in [0.1, 0.15) is 11.6 Å². The van der Waals surface area contributed by atoms with Crippen molar-refractivity contribution in [3.8, 4) is 0 Å². The number of halogens is 3. The highest BCUT2D eigenvalue weighted by molar-refractivity contribution is 6.35. The van der Waals surface area contributed by atoms with Gasteiger partial charge >= 0.3 is 0 Å². The van der Waals surface area contributed by atoms with Crippen LogP contribution < -0.4 is 5.32 Å². The van der Waals surface area contributed by atoms with Crippen molar-refractivity contribution in [2.24, 2.45) is 0 Å². The van der Waals surface area contributed by atoms with Gasteiger partial charge in [-0.25, -0.2) is 14.4 Å². The lowest BCUT2D eigenvalue weighted by atomic mass is 10.2. The van der Waals surface area contributed by atoms with E-state index >= 15 is 0 Å². The number of carbonyl (C=O) groups is 1. The second-order valence-corrected chi connectivity index (χ2v) is 5.47. The van der Waals surface area contributed by atoms with Crippen LogP contribution >= 0.6 is 23.2 Å². The van der Waals surface area contributed by atoms with Crippen molar-refractivity contribution < 1.29 is 9.18 Å². The number of aromatic nitrogens is 2. The highest BCUT2D eigenvalue weighted by Gasteiger charge is 2.16. The monoisotopic (exact) mass is 327 g/mol. The largest absolute Gasteiger partial charge is 0.319 e. The Balaban J connectivity index is 2.30. The van der Waals surface area contributed by atoms with Gasteiger partial charge in [0.15, 0.2) is 5.69 Å². The molecule has 0 radical (unpaired) electrons. The number of hydrogen-bond acceptors (Lipinski definition) is 3. The minimum absolute atomic E-state index is 0.0516. The molecular weight excluding hydrogens is 316 g/mol. The zero-order chi connectivity index (χ0) is 15.6. The molecule has 1 aromatic carbocycles. The van der Waals surface area contributed by atoms with E-state index < -0.39 is 11.7 Å². The molecule has 1 amide bonds. The molecular formula is C14H12Cl2FN3O. The quantitative estimate of drug-likeness (QED) is 0.914. The minimum atomic E-state index is -0.530. The van der Waals surface area contributed by atoms with E-state index in [1.165, 1.54) is 18.3 Å². The topological polar surface area (TPSA) is 54.9 Å². The van der Waals surface area contributed by atoms with E-state index in [1.54, 1.807) is 0 Å². The Hall–Kier alpha value is -1.72. The van der Waals surface area contributed by atoms with E-state index in [0.717, 1.165) is 6.07 Å². The van der Waals surface area contributed by atoms with Crippen LogP contribution in [0.5, 0.6) is 0 Å². The summed E-state index contributed by atoms with van der Waals surface area (Å²) in [6, 6.07) is 3.68. The van der Waals surface area contributed by atoms with Crippen LogP contribution in [0.1, 0.15) is 36.1 Å². The lowest BCUT2D eigenvalue weighted by molar-refractivity contribution is 0.102. The van der Waals surface area contributed by atoms with Crippen LogP contribution in [-0.2, 0) is 0 Å². The highest BCUT2D eigenvalue weighted by Crippen LogP contribution is 2.24. The average Bonchev–Trinajstić information content (AvgIpc) is 2.42. The zero-order valence-corrected chi connectivity index (χ0v) is 12.8. The second kappa shape index (κ2) is 6.37. The van der Waals surface area contributed by atoms with Crippen LogP contribution in [0.25, 0.3) is 0 Å². The Bertz CT molecular complexity index is 692. The van der Waals surface area contributed by atoms with Gasteiger partial charge in [0.05, 0.1) is 21.9 Å². The molecule has 2 aromatic rings. The number of benzene rings is 1. The predicted molar refractivity (Wildman–Crippen MR) is 80.5 cm³/mol. The molecule has 7 heteroatoms. The molecule has 1 N–H and O–H groups in total. The molecule has 2 rings (SSSR count). The molecule has 0 aliphatic heterocycles. The Labute approximate surface area is 131 Å². The number of carbonyl (C=O) groups excluding carboxylic acids is 1. The Morgan fingerprint density at radius 2 is 2.00 bits per heavy atom. The smallest absolute Gasteiger partial charge is 0.275 e. The van der Waals surface area contributed by atoms with Crippen LogP contribution in [0, 0.1) is 5.82 Å². The number of rotatable bonds is 3. The van der Waals surface area contributed by atoms with E-state index in [1.807, 2.05) is 13.8 Å². The van der Waals surface area contributed by atoms with Gasteiger partial charge in [0, 0.05) is 5.92 Å². The van der Waals surface area contributed by atoms with Crippen molar-refractivity contribution >= 4 is 34.8 Å². The van der Waals surface area contributed by atoms with Gasteiger partial charge in [-0.05, 0) is 18.2 Å². The number of nitrogens with one attached hydrogen (secondary N) is 1. The lowest BCUT2D eigenvalue weighted by Gasteiger charge is -2.10. The first-order valence-corrected chi connectivity index (χ1v) is 6.93. The molecule has 110 valence electrons. The zero-order valence-electron chi connectivity index (χ0n) is 11.3. The summed E-state index contributed by atoms with van der Waals surface area (Å²) in [7, 11) is 0. The Kier molecular flexibility index (Phi) is 4.75. The molecule has 4 nitrogen and oxygen atoms in total. The maximum atomic E-state index is 13.0. The molecule has 0 fully saturated rings. The Morgan fingerprint density at radius 3 is 2.62 bits per heavy atom. The third-order valence-electron chi connectivity index (χ3n) is 2.67. The third kappa shape index (κ3) is 3.68. The highest BCUT2D eigenvalue weighted by atomic mass is 35.5. The second-order valence-electron chi connectivity index (χ2n) is 4.66. The van der Waals surface area contributed by atoms with Crippen molar-refractivity contribution in [1.82, 2.24) is 9.97 Å². The summed E-state index contributed by atoms with van der Waals surface area (Å²) in [5.41, 5.74) is 0.333. The van der Waals surface area contributed by atoms with Gasteiger partial charge in [0.25, 0.3) is 5.91 Å². The average molecular weight is 328 g/mol. The molecule has 0 aliphatic carbocycles. The first-order valence-electron chi connectivity index (χ1n) is 6.17. The van der Waals surface area contributed by atoms with Crippen LogP contribution in [-0.4, -0.2) is 15.9 Å². The van der Waals surface area contributed by atoms with Crippen molar-refractivity contribution in [3.05, 3.63) is 51.8 Å². The Morgan fingerprint density at radius 1 is 1.29 bits per heavy atom. The molecule has 1 heterocycles. The first-order chi connectivity index (χ1) is 9.88. The number of amides is 1. The van der Waals surface area contributed by atoms with Crippen molar-refractivity contribution in [2.45, 2.75) is 19.8 Å². The minimum Gasteiger partial charge on any atom is -0.319 e. The third-order valence-corrected chi connectivity index (χ3v) is 3.26. The summed E-state index contributed by atoms with van der Waals surface area (Å²) in [5, 5.41) is 2.78. The summed E-state index contributed by atoms with van der Waals surface area (Å²) in [6.07, 6.45) is 1.38. The van der Waals surface area contributed by atoms with E-state index in [-0.39, 0.29) is 27.3 Å². The van der Waals surface area contributed by atoms with E-state index in [0.29, 0.717) is 5.82 Å². The normalized spacial score (nSPS) is 10.8. The van der Waals surface area contributed by atoms with Crippen LogP contribution in [0.2, 0.25) is 10.0 Å². The molecule has 0 bridgehead atoms. The fraction of sp³-hybridized carbons (Fsp3) is 0.214. The first kappa shape index (κ1) is 15.7. The van der Waals surface area contributed by atoms with Crippen LogP contribution in [0.3, 0.4) is 0 Å². The lowest BCUT2D eigenvalue weighted by Crippen LogP contribution is -2.16. The summed E-state index contributed by atoms with van der Waals surface area (Å²) < 4.78 is 13.0. The van der Waals surface area contributed by atoms with Gasteiger partial charge in [-0.15, -0.1) is 0 Å². The summed E-state index contributed by atoms with van der Waals surface area (Å²) in [6.45, 7) is 3.81. The van der Waals surface area contributed by atoms with Gasteiger partial charge in [-0.1, -0.05) is 37.0 Å². The SMILES string of the molecule is CC(C)c1ncc(Cl)c(C(=O)Nc2ccc(F)cc2Cl)n1. The summed E-state index contributed by atoms with van der Waals surface area (Å²) in [4.78, 5) is 20.4. The predicted octanol–water partition coefficient (Wildman–Crippen LogP) is 4.30.